The van der Waals surface area contributed by atoms with E-state index in [4.69, 9.17) is 9.47 Å². The Morgan fingerprint density at radius 1 is 1.28 bits per heavy atom. The maximum absolute atomic E-state index is 11.0. The van der Waals surface area contributed by atoms with E-state index in [1.807, 2.05) is 0 Å². The molecule has 1 aromatic carbocycles. The molecule has 0 radical (unpaired) electrons. The molecular formula is C13H16O5. The number of rotatable bonds is 5. The van der Waals surface area contributed by atoms with Crippen molar-refractivity contribution in [3.63, 3.8) is 0 Å². The molecule has 98 valence electrons. The minimum atomic E-state index is -1.30. The molecule has 5 heteroatoms. The van der Waals surface area contributed by atoms with Crippen molar-refractivity contribution in [1.82, 2.24) is 0 Å². The van der Waals surface area contributed by atoms with E-state index in [9.17, 15) is 9.90 Å². The van der Waals surface area contributed by atoms with Gasteiger partial charge in [-0.05, 0) is 24.3 Å². The van der Waals surface area contributed by atoms with Gasteiger partial charge in [0.25, 0.3) is 0 Å². The van der Waals surface area contributed by atoms with Crippen LogP contribution in [0.2, 0.25) is 0 Å². The topological polar surface area (TPSA) is 65.0 Å². The molecule has 0 bridgehead atoms. The molecule has 0 heterocycles. The second-order valence-corrected chi connectivity index (χ2v) is 3.43. The number of aliphatic hydroxyl groups excluding tert-OH is 1. The summed E-state index contributed by atoms with van der Waals surface area (Å²) < 4.78 is 14.7. The van der Waals surface area contributed by atoms with Crippen molar-refractivity contribution in [3.05, 3.63) is 29.8 Å². The van der Waals surface area contributed by atoms with E-state index >= 15 is 0 Å². The van der Waals surface area contributed by atoms with Crippen molar-refractivity contribution >= 4 is 12.0 Å². The first-order valence-electron chi connectivity index (χ1n) is 5.28. The summed E-state index contributed by atoms with van der Waals surface area (Å²) in [5.41, 5.74) is 0.694. The Hall–Kier alpha value is -2.01. The third kappa shape index (κ3) is 3.49. The fraction of sp³-hybridized carbons (Fsp3) is 0.308. The van der Waals surface area contributed by atoms with Crippen molar-refractivity contribution < 1.29 is 24.1 Å². The van der Waals surface area contributed by atoms with Gasteiger partial charge in [-0.15, -0.1) is 0 Å². The average molecular weight is 252 g/mol. The minimum Gasteiger partial charge on any atom is -0.497 e. The predicted molar refractivity (Wildman–Crippen MR) is 66.6 cm³/mol. The molecule has 0 amide bonds. The van der Waals surface area contributed by atoms with Crippen molar-refractivity contribution in [1.29, 1.82) is 0 Å². The standard InChI is InChI=1S/C13H16O5/c1-16-10-5-7-12(17-2)9(8-10)4-6-11(14)13(15)18-3/h4-8,11,14H,1-3H3/b6-4+. The van der Waals surface area contributed by atoms with E-state index < -0.39 is 12.1 Å². The van der Waals surface area contributed by atoms with Gasteiger partial charge in [0, 0.05) is 5.56 Å². The van der Waals surface area contributed by atoms with Crippen LogP contribution < -0.4 is 9.47 Å². The molecule has 0 aliphatic rings. The molecule has 18 heavy (non-hydrogen) atoms. The van der Waals surface area contributed by atoms with Gasteiger partial charge < -0.3 is 19.3 Å². The molecule has 0 saturated heterocycles. The number of benzene rings is 1. The predicted octanol–water partition coefficient (Wildman–Crippen LogP) is 1.25. The molecule has 0 aliphatic heterocycles. The summed E-state index contributed by atoms with van der Waals surface area (Å²) in [5.74, 6) is 0.556. The van der Waals surface area contributed by atoms with E-state index in [1.54, 1.807) is 31.4 Å². The van der Waals surface area contributed by atoms with E-state index in [2.05, 4.69) is 4.74 Å². The van der Waals surface area contributed by atoms with Crippen LogP contribution in [0.1, 0.15) is 5.56 Å². The van der Waals surface area contributed by atoms with Gasteiger partial charge in [0.2, 0.25) is 0 Å². The van der Waals surface area contributed by atoms with Crippen LogP contribution in [0.3, 0.4) is 0 Å². The highest BCUT2D eigenvalue weighted by Crippen LogP contribution is 2.25. The zero-order valence-corrected chi connectivity index (χ0v) is 10.5. The summed E-state index contributed by atoms with van der Waals surface area (Å²) in [6.45, 7) is 0. The van der Waals surface area contributed by atoms with E-state index in [0.29, 0.717) is 17.1 Å². The van der Waals surface area contributed by atoms with Gasteiger partial charge in [-0.1, -0.05) is 6.08 Å². The number of ether oxygens (including phenoxy) is 3. The van der Waals surface area contributed by atoms with Crippen LogP contribution in [0.4, 0.5) is 0 Å². The highest BCUT2D eigenvalue weighted by atomic mass is 16.5. The fourth-order valence-electron chi connectivity index (χ4n) is 1.36. The average Bonchev–Trinajstić information content (AvgIpc) is 2.43. The van der Waals surface area contributed by atoms with Crippen LogP contribution in [0.5, 0.6) is 11.5 Å². The zero-order chi connectivity index (χ0) is 13.5. The number of hydrogen-bond donors (Lipinski definition) is 1. The number of carbonyl (C=O) groups is 1. The highest BCUT2D eigenvalue weighted by Gasteiger charge is 2.11. The molecule has 1 atom stereocenters. The quantitative estimate of drug-likeness (QED) is 0.799. The van der Waals surface area contributed by atoms with Crippen LogP contribution in [-0.4, -0.2) is 38.5 Å². The van der Waals surface area contributed by atoms with Crippen molar-refractivity contribution in [2.45, 2.75) is 6.10 Å². The summed E-state index contributed by atoms with van der Waals surface area (Å²) in [6, 6.07) is 5.23. The largest absolute Gasteiger partial charge is 0.497 e. The van der Waals surface area contributed by atoms with Gasteiger partial charge in [0.1, 0.15) is 11.5 Å². The molecule has 0 aliphatic carbocycles. The van der Waals surface area contributed by atoms with E-state index in [1.165, 1.54) is 20.3 Å². The first-order chi connectivity index (χ1) is 8.62. The van der Waals surface area contributed by atoms with Gasteiger partial charge in [-0.2, -0.15) is 0 Å². The fourth-order valence-corrected chi connectivity index (χ4v) is 1.36. The Balaban J connectivity index is 2.94. The molecular weight excluding hydrogens is 236 g/mol. The second-order valence-electron chi connectivity index (χ2n) is 3.43. The second kappa shape index (κ2) is 6.66. The monoisotopic (exact) mass is 252 g/mol. The summed E-state index contributed by atoms with van der Waals surface area (Å²) in [4.78, 5) is 11.0. The maximum Gasteiger partial charge on any atom is 0.338 e. The summed E-state index contributed by atoms with van der Waals surface area (Å²) in [6.07, 6.45) is 1.59. The lowest BCUT2D eigenvalue weighted by Gasteiger charge is -2.08. The molecule has 1 N–H and O–H groups in total. The van der Waals surface area contributed by atoms with Crippen LogP contribution in [-0.2, 0) is 9.53 Å². The Bertz CT molecular complexity index is 439. The number of hydrogen-bond acceptors (Lipinski definition) is 5. The van der Waals surface area contributed by atoms with Gasteiger partial charge in [-0.3, -0.25) is 0 Å². The Labute approximate surface area is 106 Å². The van der Waals surface area contributed by atoms with Gasteiger partial charge in [0.05, 0.1) is 21.3 Å². The molecule has 0 fully saturated rings. The number of carbonyl (C=O) groups excluding carboxylic acids is 1. The maximum atomic E-state index is 11.0. The minimum absolute atomic E-state index is 0.615. The van der Waals surface area contributed by atoms with Gasteiger partial charge in [-0.25, -0.2) is 4.79 Å². The normalized spacial score (nSPS) is 12.2. The van der Waals surface area contributed by atoms with Crippen LogP contribution >= 0.6 is 0 Å². The Kier molecular flexibility index (Phi) is 5.20. The highest BCUT2D eigenvalue weighted by molar-refractivity contribution is 5.78. The molecule has 1 unspecified atom stereocenters. The number of methoxy groups -OCH3 is 3. The smallest absolute Gasteiger partial charge is 0.338 e. The van der Waals surface area contributed by atoms with E-state index in [-0.39, 0.29) is 0 Å². The van der Waals surface area contributed by atoms with Crippen LogP contribution in [0.25, 0.3) is 6.08 Å². The zero-order valence-electron chi connectivity index (χ0n) is 10.5. The van der Waals surface area contributed by atoms with Crippen molar-refractivity contribution in [2.24, 2.45) is 0 Å². The third-order valence-corrected chi connectivity index (χ3v) is 2.34. The summed E-state index contributed by atoms with van der Waals surface area (Å²) >= 11 is 0. The summed E-state index contributed by atoms with van der Waals surface area (Å²) in [7, 11) is 4.31. The molecule has 0 aromatic heterocycles. The SMILES string of the molecule is COC(=O)C(O)/C=C/c1cc(OC)ccc1OC. The number of aliphatic hydroxyl groups is 1. The number of esters is 1. The third-order valence-electron chi connectivity index (χ3n) is 2.34. The van der Waals surface area contributed by atoms with Crippen molar-refractivity contribution in [3.8, 4) is 11.5 Å². The molecule has 0 saturated carbocycles. The van der Waals surface area contributed by atoms with Gasteiger partial charge in [0.15, 0.2) is 6.10 Å². The Morgan fingerprint density at radius 3 is 2.56 bits per heavy atom. The molecule has 1 rings (SSSR count). The van der Waals surface area contributed by atoms with Gasteiger partial charge >= 0.3 is 5.97 Å². The lowest BCUT2D eigenvalue weighted by atomic mass is 10.1. The first kappa shape index (κ1) is 14.1. The molecule has 5 nitrogen and oxygen atoms in total. The first-order valence-corrected chi connectivity index (χ1v) is 5.28. The Morgan fingerprint density at radius 2 is 2.00 bits per heavy atom. The van der Waals surface area contributed by atoms with Crippen LogP contribution in [0, 0.1) is 0 Å². The lowest BCUT2D eigenvalue weighted by Crippen LogP contribution is -2.18. The summed E-state index contributed by atoms with van der Waals surface area (Å²) in [5, 5.41) is 9.44. The lowest BCUT2D eigenvalue weighted by molar-refractivity contribution is -0.147. The molecule has 1 aromatic rings. The van der Waals surface area contributed by atoms with Crippen molar-refractivity contribution in [2.75, 3.05) is 21.3 Å². The molecule has 0 spiro atoms. The van der Waals surface area contributed by atoms with E-state index in [0.717, 1.165) is 0 Å². The van der Waals surface area contributed by atoms with Crippen LogP contribution in [0.15, 0.2) is 24.3 Å².